The molecule has 4 rings (SSSR count). The van der Waals surface area contributed by atoms with E-state index in [0.717, 1.165) is 48.8 Å². The lowest BCUT2D eigenvalue weighted by atomic mass is 9.86. The molecule has 0 bridgehead atoms. The fourth-order valence-electron chi connectivity index (χ4n) is 4.68. The van der Waals surface area contributed by atoms with Crippen molar-refractivity contribution < 1.29 is 9.59 Å². The van der Waals surface area contributed by atoms with Crippen molar-refractivity contribution in [2.24, 2.45) is 5.92 Å². The van der Waals surface area contributed by atoms with E-state index in [1.807, 2.05) is 18.2 Å². The summed E-state index contributed by atoms with van der Waals surface area (Å²) in [5, 5.41) is 2.29. The molecule has 0 aliphatic carbocycles. The normalized spacial score (nSPS) is 20.1. The molecule has 148 valence electrons. The number of urea groups is 1. The Balaban J connectivity index is 1.53. The minimum Gasteiger partial charge on any atom is -0.312 e. The topological polar surface area (TPSA) is 43.9 Å². The maximum atomic E-state index is 13.3. The summed E-state index contributed by atoms with van der Waals surface area (Å²) in [7, 11) is 1.79. The zero-order valence-electron chi connectivity index (χ0n) is 17.0. The standard InChI is InChI=1S/C23H29N3O2/c1-17(2)15-25-12-10-23(11-13-25)21(27)26(22(28)24(23)3)16-18-8-9-19-6-4-5-7-20(19)14-18/h4-9,14,17H,10-13,15-16H2,1-3H3. The van der Waals surface area contributed by atoms with Crippen LogP contribution in [0.2, 0.25) is 0 Å². The number of imide groups is 1. The first-order chi connectivity index (χ1) is 13.4. The molecule has 2 aromatic carbocycles. The number of hydrogen-bond donors (Lipinski definition) is 0. The highest BCUT2D eigenvalue weighted by Crippen LogP contribution is 2.37. The van der Waals surface area contributed by atoms with Gasteiger partial charge in [0.05, 0.1) is 6.54 Å². The van der Waals surface area contributed by atoms with E-state index in [9.17, 15) is 9.59 Å². The Bertz CT molecular complexity index is 900. The molecule has 5 nitrogen and oxygen atoms in total. The highest BCUT2D eigenvalue weighted by atomic mass is 16.2. The minimum atomic E-state index is -0.665. The molecule has 3 amide bonds. The molecule has 0 radical (unpaired) electrons. The summed E-state index contributed by atoms with van der Waals surface area (Å²) < 4.78 is 0. The third-order valence-electron chi connectivity index (χ3n) is 6.26. The molecule has 2 aromatic rings. The van der Waals surface area contributed by atoms with Gasteiger partial charge in [-0.1, -0.05) is 50.2 Å². The molecular weight excluding hydrogens is 350 g/mol. The Morgan fingerprint density at radius 1 is 1.00 bits per heavy atom. The van der Waals surface area contributed by atoms with Crippen molar-refractivity contribution in [3.8, 4) is 0 Å². The van der Waals surface area contributed by atoms with Crippen molar-refractivity contribution in [1.82, 2.24) is 14.7 Å². The van der Waals surface area contributed by atoms with Crippen LogP contribution >= 0.6 is 0 Å². The van der Waals surface area contributed by atoms with E-state index in [-0.39, 0.29) is 11.9 Å². The van der Waals surface area contributed by atoms with E-state index >= 15 is 0 Å². The monoisotopic (exact) mass is 379 g/mol. The highest BCUT2D eigenvalue weighted by Gasteiger charge is 2.56. The Labute approximate surface area is 166 Å². The maximum absolute atomic E-state index is 13.3. The Hall–Kier alpha value is -2.40. The molecular formula is C23H29N3O2. The van der Waals surface area contributed by atoms with Gasteiger partial charge in [-0.15, -0.1) is 0 Å². The van der Waals surface area contributed by atoms with Crippen LogP contribution in [-0.2, 0) is 11.3 Å². The lowest BCUT2D eigenvalue weighted by Gasteiger charge is -2.41. The van der Waals surface area contributed by atoms with Gasteiger partial charge < -0.3 is 9.80 Å². The van der Waals surface area contributed by atoms with Crippen LogP contribution < -0.4 is 0 Å². The number of carbonyl (C=O) groups excluding carboxylic acids is 2. The van der Waals surface area contributed by atoms with Crippen LogP contribution in [0.15, 0.2) is 42.5 Å². The number of fused-ring (bicyclic) bond motifs is 1. The quantitative estimate of drug-likeness (QED) is 0.761. The van der Waals surface area contributed by atoms with Gasteiger partial charge in [-0.05, 0) is 41.2 Å². The molecule has 5 heteroatoms. The van der Waals surface area contributed by atoms with Gasteiger partial charge in [0.15, 0.2) is 0 Å². The first kappa shape index (κ1) is 18.9. The van der Waals surface area contributed by atoms with E-state index in [0.29, 0.717) is 12.5 Å². The number of piperidine rings is 1. The number of rotatable bonds is 4. The second kappa shape index (κ2) is 7.21. The number of nitrogens with zero attached hydrogens (tertiary/aromatic N) is 3. The van der Waals surface area contributed by atoms with Crippen molar-refractivity contribution in [3.63, 3.8) is 0 Å². The Morgan fingerprint density at radius 2 is 1.68 bits per heavy atom. The number of likely N-dealkylation sites (N-methyl/N-ethyl adjacent to an activating group) is 1. The number of benzene rings is 2. The zero-order chi connectivity index (χ0) is 19.9. The van der Waals surface area contributed by atoms with Gasteiger partial charge in [-0.3, -0.25) is 9.69 Å². The molecule has 0 aromatic heterocycles. The SMILES string of the molecule is CC(C)CN1CCC2(CC1)C(=O)N(Cc1ccc3ccccc3c1)C(=O)N2C. The molecule has 0 unspecified atom stereocenters. The highest BCUT2D eigenvalue weighted by molar-refractivity contribution is 6.07. The molecule has 2 aliphatic heterocycles. The average molecular weight is 380 g/mol. The largest absolute Gasteiger partial charge is 0.327 e. The van der Waals surface area contributed by atoms with Crippen molar-refractivity contribution in [2.45, 2.75) is 38.8 Å². The second-order valence-corrected chi connectivity index (χ2v) is 8.64. The number of hydrogen-bond acceptors (Lipinski definition) is 3. The van der Waals surface area contributed by atoms with Crippen molar-refractivity contribution in [2.75, 3.05) is 26.7 Å². The Kier molecular flexibility index (Phi) is 4.88. The summed E-state index contributed by atoms with van der Waals surface area (Å²) in [6, 6.07) is 14.1. The first-order valence-corrected chi connectivity index (χ1v) is 10.2. The van der Waals surface area contributed by atoms with Gasteiger partial charge in [0, 0.05) is 26.7 Å². The zero-order valence-corrected chi connectivity index (χ0v) is 17.0. The van der Waals surface area contributed by atoms with Gasteiger partial charge in [-0.25, -0.2) is 4.79 Å². The van der Waals surface area contributed by atoms with Gasteiger partial charge in [0.25, 0.3) is 5.91 Å². The van der Waals surface area contributed by atoms with Crippen molar-refractivity contribution >= 4 is 22.7 Å². The number of carbonyl (C=O) groups is 2. The van der Waals surface area contributed by atoms with Crippen molar-refractivity contribution in [1.29, 1.82) is 0 Å². The van der Waals surface area contributed by atoms with E-state index in [1.165, 1.54) is 4.90 Å². The molecule has 2 fully saturated rings. The molecule has 2 saturated heterocycles. The minimum absolute atomic E-state index is 0.0302. The van der Waals surface area contributed by atoms with E-state index < -0.39 is 5.54 Å². The predicted molar refractivity (Wildman–Crippen MR) is 111 cm³/mol. The average Bonchev–Trinajstić information content (AvgIpc) is 2.85. The maximum Gasteiger partial charge on any atom is 0.327 e. The van der Waals surface area contributed by atoms with E-state index in [2.05, 4.69) is 43.0 Å². The van der Waals surface area contributed by atoms with Crippen LogP contribution in [0, 0.1) is 5.92 Å². The third-order valence-corrected chi connectivity index (χ3v) is 6.26. The summed E-state index contributed by atoms with van der Waals surface area (Å²) in [6.45, 7) is 7.54. The molecule has 0 atom stereocenters. The third kappa shape index (κ3) is 3.18. The van der Waals surface area contributed by atoms with Crippen LogP contribution in [0.4, 0.5) is 4.79 Å². The summed E-state index contributed by atoms with van der Waals surface area (Å²) in [5.41, 5.74) is 0.324. The summed E-state index contributed by atoms with van der Waals surface area (Å²) in [5.74, 6) is 0.578. The lowest BCUT2D eigenvalue weighted by molar-refractivity contribution is -0.135. The number of amides is 3. The van der Waals surface area contributed by atoms with Crippen LogP contribution in [0.25, 0.3) is 10.8 Å². The van der Waals surface area contributed by atoms with E-state index in [4.69, 9.17) is 0 Å². The van der Waals surface area contributed by atoms with Gasteiger partial charge in [-0.2, -0.15) is 0 Å². The fourth-order valence-corrected chi connectivity index (χ4v) is 4.68. The molecule has 28 heavy (non-hydrogen) atoms. The summed E-state index contributed by atoms with van der Waals surface area (Å²) in [6.07, 6.45) is 1.43. The fraction of sp³-hybridized carbons (Fsp3) is 0.478. The van der Waals surface area contributed by atoms with Gasteiger partial charge in [0.1, 0.15) is 5.54 Å². The molecule has 2 heterocycles. The molecule has 1 spiro atoms. The summed E-state index contributed by atoms with van der Waals surface area (Å²) >= 11 is 0. The first-order valence-electron chi connectivity index (χ1n) is 10.2. The predicted octanol–water partition coefficient (Wildman–Crippen LogP) is 3.72. The van der Waals surface area contributed by atoms with Crippen LogP contribution in [-0.4, -0.2) is 58.9 Å². The summed E-state index contributed by atoms with van der Waals surface area (Å²) in [4.78, 5) is 31.8. The number of likely N-dealkylation sites (tertiary alicyclic amines) is 1. The van der Waals surface area contributed by atoms with E-state index in [1.54, 1.807) is 11.9 Å². The Morgan fingerprint density at radius 3 is 2.36 bits per heavy atom. The molecule has 0 saturated carbocycles. The lowest BCUT2D eigenvalue weighted by Crippen LogP contribution is -2.55. The van der Waals surface area contributed by atoms with Crippen LogP contribution in [0.3, 0.4) is 0 Å². The van der Waals surface area contributed by atoms with Gasteiger partial charge >= 0.3 is 6.03 Å². The van der Waals surface area contributed by atoms with Crippen molar-refractivity contribution in [3.05, 3.63) is 48.0 Å². The van der Waals surface area contributed by atoms with Crippen LogP contribution in [0.5, 0.6) is 0 Å². The second-order valence-electron chi connectivity index (χ2n) is 8.64. The smallest absolute Gasteiger partial charge is 0.312 e. The van der Waals surface area contributed by atoms with Gasteiger partial charge in [0.2, 0.25) is 0 Å². The molecule has 0 N–H and O–H groups in total. The molecule has 2 aliphatic rings. The van der Waals surface area contributed by atoms with Crippen LogP contribution in [0.1, 0.15) is 32.3 Å².